The Morgan fingerprint density at radius 1 is 1.39 bits per heavy atom. The number of hydrogen-bond acceptors (Lipinski definition) is 7. The number of nitriles is 1. The van der Waals surface area contributed by atoms with Crippen LogP contribution in [0.5, 0.6) is 0 Å². The molecule has 7 nitrogen and oxygen atoms in total. The van der Waals surface area contributed by atoms with E-state index >= 15 is 0 Å². The predicted molar refractivity (Wildman–Crippen MR) is 89.2 cm³/mol. The molecule has 0 radical (unpaired) electrons. The second kappa shape index (κ2) is 6.71. The first kappa shape index (κ1) is 15.4. The molecule has 23 heavy (non-hydrogen) atoms. The molecular weight excluding hydrogens is 310 g/mol. The maximum Gasteiger partial charge on any atom is 0.163 e. The lowest BCUT2D eigenvalue weighted by Gasteiger charge is -2.17. The molecule has 0 aliphatic carbocycles. The number of thiazole rings is 1. The second-order valence-corrected chi connectivity index (χ2v) is 6.10. The van der Waals surface area contributed by atoms with Crippen LogP contribution < -0.4 is 4.90 Å². The Morgan fingerprint density at radius 3 is 3.00 bits per heavy atom. The zero-order chi connectivity index (χ0) is 16.2. The highest BCUT2D eigenvalue weighted by Crippen LogP contribution is 2.23. The number of aromatic nitrogens is 5. The van der Waals surface area contributed by atoms with E-state index in [-0.39, 0.29) is 0 Å². The van der Waals surface area contributed by atoms with Crippen molar-refractivity contribution in [1.82, 2.24) is 24.7 Å². The molecule has 0 saturated carbocycles. The molecular formula is C15H17N7S. The van der Waals surface area contributed by atoms with Crippen molar-refractivity contribution in [1.29, 1.82) is 5.26 Å². The summed E-state index contributed by atoms with van der Waals surface area (Å²) in [7, 11) is 1.99. The highest BCUT2D eigenvalue weighted by Gasteiger charge is 2.14. The fourth-order valence-electron chi connectivity index (χ4n) is 2.41. The third-order valence-corrected chi connectivity index (χ3v) is 4.55. The lowest BCUT2D eigenvalue weighted by molar-refractivity contribution is 0.643. The molecule has 0 spiro atoms. The van der Waals surface area contributed by atoms with Crippen LogP contribution in [0.15, 0.2) is 17.9 Å². The second-order valence-electron chi connectivity index (χ2n) is 5.15. The zero-order valence-electron chi connectivity index (χ0n) is 13.1. The van der Waals surface area contributed by atoms with Crippen LogP contribution in [0, 0.1) is 11.3 Å². The SMILES string of the molecule is CCc1nc(CN(C)c2ncnc3c2cnn3CCC#N)cs1. The highest BCUT2D eigenvalue weighted by molar-refractivity contribution is 7.09. The molecule has 118 valence electrons. The minimum Gasteiger partial charge on any atom is -0.353 e. The minimum atomic E-state index is 0.407. The Labute approximate surface area is 138 Å². The summed E-state index contributed by atoms with van der Waals surface area (Å²) >= 11 is 1.69. The average molecular weight is 327 g/mol. The summed E-state index contributed by atoms with van der Waals surface area (Å²) in [5.74, 6) is 0.823. The normalized spacial score (nSPS) is 10.8. The summed E-state index contributed by atoms with van der Waals surface area (Å²) in [6, 6.07) is 2.13. The molecule has 0 aromatic carbocycles. The van der Waals surface area contributed by atoms with E-state index in [1.54, 1.807) is 22.2 Å². The summed E-state index contributed by atoms with van der Waals surface area (Å²) in [6.45, 7) is 3.33. The van der Waals surface area contributed by atoms with Crippen molar-refractivity contribution in [3.63, 3.8) is 0 Å². The Bertz CT molecular complexity index is 845. The van der Waals surface area contributed by atoms with Crippen LogP contribution in [-0.2, 0) is 19.5 Å². The lowest BCUT2D eigenvalue weighted by atomic mass is 10.3. The quantitative estimate of drug-likeness (QED) is 0.691. The van der Waals surface area contributed by atoms with Gasteiger partial charge >= 0.3 is 0 Å². The molecule has 3 aromatic heterocycles. The number of nitrogens with zero attached hydrogens (tertiary/aromatic N) is 7. The van der Waals surface area contributed by atoms with E-state index < -0.39 is 0 Å². The minimum absolute atomic E-state index is 0.407. The number of aryl methyl sites for hydroxylation is 2. The molecule has 0 N–H and O–H groups in total. The highest BCUT2D eigenvalue weighted by atomic mass is 32.1. The smallest absolute Gasteiger partial charge is 0.163 e. The van der Waals surface area contributed by atoms with Crippen molar-refractivity contribution in [3.8, 4) is 6.07 Å². The van der Waals surface area contributed by atoms with E-state index in [4.69, 9.17) is 5.26 Å². The zero-order valence-corrected chi connectivity index (χ0v) is 13.9. The van der Waals surface area contributed by atoms with Crippen LogP contribution >= 0.6 is 11.3 Å². The van der Waals surface area contributed by atoms with Crippen molar-refractivity contribution < 1.29 is 0 Å². The van der Waals surface area contributed by atoms with Crippen molar-refractivity contribution in [2.45, 2.75) is 32.9 Å². The Morgan fingerprint density at radius 2 is 2.26 bits per heavy atom. The van der Waals surface area contributed by atoms with Gasteiger partial charge in [0, 0.05) is 12.4 Å². The van der Waals surface area contributed by atoms with E-state index in [0.717, 1.165) is 34.0 Å². The van der Waals surface area contributed by atoms with E-state index in [9.17, 15) is 0 Å². The molecule has 0 bridgehead atoms. The molecule has 0 aliphatic rings. The topological polar surface area (TPSA) is 83.5 Å². The lowest BCUT2D eigenvalue weighted by Crippen LogP contribution is -2.18. The van der Waals surface area contributed by atoms with Crippen molar-refractivity contribution >= 4 is 28.2 Å². The van der Waals surface area contributed by atoms with Gasteiger partial charge in [0.15, 0.2) is 5.65 Å². The van der Waals surface area contributed by atoms with Crippen LogP contribution in [0.3, 0.4) is 0 Å². The average Bonchev–Trinajstić information content (AvgIpc) is 3.19. The van der Waals surface area contributed by atoms with Crippen LogP contribution in [0.4, 0.5) is 5.82 Å². The Kier molecular flexibility index (Phi) is 4.48. The third kappa shape index (κ3) is 3.14. The molecule has 0 amide bonds. The standard InChI is InChI=1S/C15H17N7S/c1-3-13-20-11(9-23-13)8-21(2)14-12-7-19-22(6-4-5-16)15(12)18-10-17-14/h7,9-10H,3-4,6,8H2,1-2H3. The predicted octanol–water partition coefficient (Wildman–Crippen LogP) is 2.40. The van der Waals surface area contributed by atoms with Gasteiger partial charge in [0.1, 0.15) is 12.1 Å². The van der Waals surface area contributed by atoms with E-state index in [2.05, 4.69) is 43.3 Å². The molecule has 0 saturated heterocycles. The number of rotatable bonds is 6. The molecule has 8 heteroatoms. The van der Waals surface area contributed by atoms with Gasteiger partial charge in [0.25, 0.3) is 0 Å². The fraction of sp³-hybridized carbons (Fsp3) is 0.400. The maximum absolute atomic E-state index is 8.73. The first-order valence-corrected chi connectivity index (χ1v) is 8.28. The summed E-state index contributed by atoms with van der Waals surface area (Å²) < 4.78 is 1.75. The van der Waals surface area contributed by atoms with Gasteiger partial charge in [-0.3, -0.25) is 0 Å². The summed E-state index contributed by atoms with van der Waals surface area (Å²) in [5.41, 5.74) is 1.79. The summed E-state index contributed by atoms with van der Waals surface area (Å²) in [5, 5.41) is 17.2. The van der Waals surface area contributed by atoms with Gasteiger partial charge in [-0.05, 0) is 6.42 Å². The van der Waals surface area contributed by atoms with E-state index in [0.29, 0.717) is 19.5 Å². The molecule has 3 rings (SSSR count). The molecule has 3 heterocycles. The molecule has 0 fully saturated rings. The number of anilines is 1. The van der Waals surface area contributed by atoms with Gasteiger partial charge in [-0.1, -0.05) is 6.92 Å². The fourth-order valence-corrected chi connectivity index (χ4v) is 3.14. The Hall–Kier alpha value is -2.53. The number of hydrogen-bond donors (Lipinski definition) is 0. The van der Waals surface area contributed by atoms with Gasteiger partial charge in [-0.25, -0.2) is 19.6 Å². The third-order valence-electron chi connectivity index (χ3n) is 3.51. The van der Waals surface area contributed by atoms with Crippen molar-refractivity contribution in [2.75, 3.05) is 11.9 Å². The van der Waals surface area contributed by atoms with Crippen LogP contribution in [0.25, 0.3) is 11.0 Å². The summed E-state index contributed by atoms with van der Waals surface area (Å²) in [6.07, 6.45) is 4.66. The van der Waals surface area contributed by atoms with Crippen LogP contribution in [0.1, 0.15) is 24.0 Å². The number of fused-ring (bicyclic) bond motifs is 1. The summed E-state index contributed by atoms with van der Waals surface area (Å²) in [4.78, 5) is 15.3. The molecule has 0 aliphatic heterocycles. The molecule has 0 atom stereocenters. The molecule has 3 aromatic rings. The first-order valence-electron chi connectivity index (χ1n) is 7.40. The van der Waals surface area contributed by atoms with Gasteiger partial charge in [0.05, 0.1) is 47.9 Å². The monoisotopic (exact) mass is 327 g/mol. The Balaban J connectivity index is 1.86. The maximum atomic E-state index is 8.73. The largest absolute Gasteiger partial charge is 0.353 e. The van der Waals surface area contributed by atoms with E-state index in [1.807, 2.05) is 7.05 Å². The van der Waals surface area contributed by atoms with Gasteiger partial charge < -0.3 is 4.90 Å². The van der Waals surface area contributed by atoms with Crippen LogP contribution in [0.2, 0.25) is 0 Å². The molecule has 0 unspecified atom stereocenters. The van der Waals surface area contributed by atoms with Gasteiger partial charge in [0.2, 0.25) is 0 Å². The van der Waals surface area contributed by atoms with Gasteiger partial charge in [-0.2, -0.15) is 10.4 Å². The van der Waals surface area contributed by atoms with Crippen molar-refractivity contribution in [2.24, 2.45) is 0 Å². The van der Waals surface area contributed by atoms with E-state index in [1.165, 1.54) is 6.33 Å². The van der Waals surface area contributed by atoms with Crippen molar-refractivity contribution in [3.05, 3.63) is 28.6 Å². The first-order chi connectivity index (χ1) is 11.2. The van der Waals surface area contributed by atoms with Gasteiger partial charge in [-0.15, -0.1) is 11.3 Å². The van der Waals surface area contributed by atoms with Crippen LogP contribution in [-0.4, -0.2) is 31.8 Å².